The summed E-state index contributed by atoms with van der Waals surface area (Å²) in [6.07, 6.45) is 2.69. The molecule has 2 atom stereocenters. The fourth-order valence-electron chi connectivity index (χ4n) is 2.12. The number of ether oxygens (including phenoxy) is 1. The summed E-state index contributed by atoms with van der Waals surface area (Å²) in [5.74, 6) is -0.459. The van der Waals surface area contributed by atoms with Gasteiger partial charge in [-0.3, -0.25) is 14.9 Å². The highest BCUT2D eigenvalue weighted by atomic mass is 16.6. The maximum Gasteiger partial charge on any atom is 0.318 e. The normalized spacial score (nSPS) is 32.3. The summed E-state index contributed by atoms with van der Waals surface area (Å²) in [7, 11) is 1.28. The topological polar surface area (TPSA) is 69.4 Å². The standard InChI is InChI=1S/C9H15NO4/c1-9(8(11)14-2)6-4-3-5-7(9)10(12)13/h7H,3-6H2,1-2H3. The predicted molar refractivity (Wildman–Crippen MR) is 49.4 cm³/mol. The van der Waals surface area contributed by atoms with Crippen LogP contribution in [0.15, 0.2) is 0 Å². The molecule has 0 saturated heterocycles. The lowest BCUT2D eigenvalue weighted by Gasteiger charge is -2.32. The van der Waals surface area contributed by atoms with Gasteiger partial charge >= 0.3 is 5.97 Å². The fraction of sp³-hybridized carbons (Fsp3) is 0.889. The van der Waals surface area contributed by atoms with Crippen molar-refractivity contribution in [1.29, 1.82) is 0 Å². The second-order valence-electron chi connectivity index (χ2n) is 3.96. The van der Waals surface area contributed by atoms with Crippen LogP contribution in [0.5, 0.6) is 0 Å². The lowest BCUT2D eigenvalue weighted by Crippen LogP contribution is -2.47. The molecule has 0 N–H and O–H groups in total. The van der Waals surface area contributed by atoms with Crippen LogP contribution in [-0.2, 0) is 9.53 Å². The Morgan fingerprint density at radius 1 is 1.57 bits per heavy atom. The van der Waals surface area contributed by atoms with Crippen LogP contribution in [0, 0.1) is 15.5 Å². The predicted octanol–water partition coefficient (Wildman–Crippen LogP) is 1.38. The molecular weight excluding hydrogens is 186 g/mol. The number of hydrogen-bond acceptors (Lipinski definition) is 4. The summed E-state index contributed by atoms with van der Waals surface area (Å²) in [6.45, 7) is 1.63. The van der Waals surface area contributed by atoms with Crippen LogP contribution in [-0.4, -0.2) is 24.0 Å². The highest BCUT2D eigenvalue weighted by Gasteiger charge is 2.51. The second-order valence-corrected chi connectivity index (χ2v) is 3.96. The molecule has 1 aliphatic carbocycles. The molecule has 0 aliphatic heterocycles. The van der Waals surface area contributed by atoms with Crippen LogP contribution >= 0.6 is 0 Å². The average molecular weight is 201 g/mol. The molecule has 0 aromatic heterocycles. The Hall–Kier alpha value is -1.13. The van der Waals surface area contributed by atoms with Crippen LogP contribution in [0.4, 0.5) is 0 Å². The molecule has 80 valence electrons. The van der Waals surface area contributed by atoms with E-state index in [0.29, 0.717) is 12.8 Å². The Kier molecular flexibility index (Phi) is 3.08. The summed E-state index contributed by atoms with van der Waals surface area (Å²) >= 11 is 0. The number of carbonyl (C=O) groups excluding carboxylic acids is 1. The van der Waals surface area contributed by atoms with E-state index in [0.717, 1.165) is 12.8 Å². The van der Waals surface area contributed by atoms with Gasteiger partial charge in [0.05, 0.1) is 7.11 Å². The zero-order valence-corrected chi connectivity index (χ0v) is 8.49. The lowest BCUT2D eigenvalue weighted by atomic mass is 9.72. The van der Waals surface area contributed by atoms with Crippen molar-refractivity contribution < 1.29 is 14.5 Å². The lowest BCUT2D eigenvalue weighted by molar-refractivity contribution is -0.542. The molecule has 1 saturated carbocycles. The number of nitro groups is 1. The monoisotopic (exact) mass is 201 g/mol. The highest BCUT2D eigenvalue weighted by Crippen LogP contribution is 2.38. The number of carbonyl (C=O) groups is 1. The van der Waals surface area contributed by atoms with E-state index in [4.69, 9.17) is 0 Å². The van der Waals surface area contributed by atoms with E-state index in [1.807, 2.05) is 0 Å². The molecule has 5 nitrogen and oxygen atoms in total. The number of nitrogens with zero attached hydrogens (tertiary/aromatic N) is 1. The van der Waals surface area contributed by atoms with Crippen molar-refractivity contribution in [3.8, 4) is 0 Å². The summed E-state index contributed by atoms with van der Waals surface area (Å²) in [4.78, 5) is 21.9. The van der Waals surface area contributed by atoms with Gasteiger partial charge in [0.25, 0.3) is 0 Å². The van der Waals surface area contributed by atoms with E-state index < -0.39 is 17.4 Å². The van der Waals surface area contributed by atoms with Crippen molar-refractivity contribution in [2.45, 2.75) is 38.6 Å². The van der Waals surface area contributed by atoms with Crippen LogP contribution in [0.25, 0.3) is 0 Å². The highest BCUT2D eigenvalue weighted by molar-refractivity contribution is 5.77. The minimum atomic E-state index is -0.934. The molecule has 0 heterocycles. The Bertz CT molecular complexity index is 253. The SMILES string of the molecule is COC(=O)C1(C)CCCCC1[N+](=O)[O-]. The minimum Gasteiger partial charge on any atom is -0.468 e. The largest absolute Gasteiger partial charge is 0.468 e. The van der Waals surface area contributed by atoms with Crippen molar-refractivity contribution >= 4 is 5.97 Å². The van der Waals surface area contributed by atoms with Gasteiger partial charge in [-0.05, 0) is 19.8 Å². The van der Waals surface area contributed by atoms with Gasteiger partial charge in [0.2, 0.25) is 6.04 Å². The first-order valence-corrected chi connectivity index (χ1v) is 4.74. The summed E-state index contributed by atoms with van der Waals surface area (Å²) in [5, 5.41) is 10.8. The molecule has 1 rings (SSSR count). The van der Waals surface area contributed by atoms with Gasteiger partial charge in [0.1, 0.15) is 5.41 Å². The molecule has 0 spiro atoms. The van der Waals surface area contributed by atoms with Gasteiger partial charge < -0.3 is 4.74 Å². The Balaban J connectivity index is 2.90. The number of hydrogen-bond donors (Lipinski definition) is 0. The molecule has 1 fully saturated rings. The molecular formula is C9H15NO4. The first kappa shape index (κ1) is 10.9. The van der Waals surface area contributed by atoms with E-state index in [1.54, 1.807) is 6.92 Å². The van der Waals surface area contributed by atoms with E-state index in [2.05, 4.69) is 4.74 Å². The van der Waals surface area contributed by atoms with Crippen molar-refractivity contribution in [3.05, 3.63) is 10.1 Å². The number of rotatable bonds is 2. The van der Waals surface area contributed by atoms with E-state index in [9.17, 15) is 14.9 Å². The summed E-state index contributed by atoms with van der Waals surface area (Å²) in [6, 6.07) is -0.788. The van der Waals surface area contributed by atoms with Gasteiger partial charge in [0, 0.05) is 11.3 Å². The third-order valence-corrected chi connectivity index (χ3v) is 3.07. The van der Waals surface area contributed by atoms with Crippen molar-refractivity contribution in [2.24, 2.45) is 5.41 Å². The smallest absolute Gasteiger partial charge is 0.318 e. The van der Waals surface area contributed by atoms with E-state index >= 15 is 0 Å². The zero-order chi connectivity index (χ0) is 10.8. The van der Waals surface area contributed by atoms with E-state index in [1.165, 1.54) is 7.11 Å². The molecule has 1 aliphatic rings. The van der Waals surface area contributed by atoms with Gasteiger partial charge in [0.15, 0.2) is 0 Å². The maximum atomic E-state index is 11.5. The van der Waals surface area contributed by atoms with Crippen molar-refractivity contribution in [3.63, 3.8) is 0 Å². The van der Waals surface area contributed by atoms with Crippen LogP contribution in [0.3, 0.4) is 0 Å². The first-order chi connectivity index (χ1) is 6.52. The van der Waals surface area contributed by atoms with Crippen LogP contribution in [0.2, 0.25) is 0 Å². The Morgan fingerprint density at radius 2 is 2.21 bits per heavy atom. The quantitative estimate of drug-likeness (QED) is 0.384. The van der Waals surface area contributed by atoms with Gasteiger partial charge in [-0.15, -0.1) is 0 Å². The van der Waals surface area contributed by atoms with E-state index in [-0.39, 0.29) is 4.92 Å². The molecule has 14 heavy (non-hydrogen) atoms. The molecule has 0 radical (unpaired) electrons. The van der Waals surface area contributed by atoms with Crippen LogP contribution in [0.1, 0.15) is 32.6 Å². The van der Waals surface area contributed by atoms with Gasteiger partial charge in [-0.2, -0.15) is 0 Å². The Morgan fingerprint density at radius 3 is 2.71 bits per heavy atom. The number of methoxy groups -OCH3 is 1. The molecule has 2 unspecified atom stereocenters. The minimum absolute atomic E-state index is 0.351. The van der Waals surface area contributed by atoms with Crippen molar-refractivity contribution in [1.82, 2.24) is 0 Å². The third kappa shape index (κ3) is 1.71. The molecule has 0 amide bonds. The van der Waals surface area contributed by atoms with Crippen LogP contribution < -0.4 is 0 Å². The molecule has 0 bridgehead atoms. The molecule has 5 heteroatoms. The van der Waals surface area contributed by atoms with Crippen molar-refractivity contribution in [2.75, 3.05) is 7.11 Å². The first-order valence-electron chi connectivity index (χ1n) is 4.74. The average Bonchev–Trinajstić information content (AvgIpc) is 2.16. The van der Waals surface area contributed by atoms with Gasteiger partial charge in [-0.1, -0.05) is 6.42 Å². The molecule has 0 aromatic rings. The summed E-state index contributed by atoms with van der Waals surface area (Å²) in [5.41, 5.74) is -0.934. The number of esters is 1. The Labute approximate surface area is 82.6 Å². The third-order valence-electron chi connectivity index (χ3n) is 3.07. The molecule has 0 aromatic carbocycles. The summed E-state index contributed by atoms with van der Waals surface area (Å²) < 4.78 is 4.63. The zero-order valence-electron chi connectivity index (χ0n) is 8.49. The van der Waals surface area contributed by atoms with Gasteiger partial charge in [-0.25, -0.2) is 0 Å². The maximum absolute atomic E-state index is 11.5. The second kappa shape index (κ2) is 3.94. The fourth-order valence-corrected chi connectivity index (χ4v) is 2.12.